The minimum absolute atomic E-state index is 0.207. The molecule has 0 atom stereocenters. The van der Waals surface area contributed by atoms with Gasteiger partial charge in [0.2, 0.25) is 0 Å². The highest BCUT2D eigenvalue weighted by molar-refractivity contribution is 6.42. The quantitative estimate of drug-likeness (QED) is 0.841. The van der Waals surface area contributed by atoms with Gasteiger partial charge in [-0.3, -0.25) is 4.79 Å². The molecule has 21 heavy (non-hydrogen) atoms. The first-order valence-electron chi connectivity index (χ1n) is 6.49. The largest absolute Gasteiger partial charge is 0.492 e. The number of halogens is 2. The molecule has 110 valence electrons. The van der Waals surface area contributed by atoms with Crippen molar-refractivity contribution in [1.82, 2.24) is 5.32 Å². The summed E-state index contributed by atoms with van der Waals surface area (Å²) in [7, 11) is 0. The summed E-state index contributed by atoms with van der Waals surface area (Å²) in [5, 5.41) is 3.55. The highest BCUT2D eigenvalue weighted by atomic mass is 35.5. The van der Waals surface area contributed by atoms with Gasteiger partial charge in [-0.1, -0.05) is 35.3 Å². The van der Waals surface area contributed by atoms with Crippen molar-refractivity contribution >= 4 is 29.1 Å². The van der Waals surface area contributed by atoms with Crippen LogP contribution >= 0.6 is 23.2 Å². The smallest absolute Gasteiger partial charge is 0.251 e. The molecule has 0 saturated carbocycles. The first-order chi connectivity index (χ1) is 10.1. The molecule has 2 rings (SSSR count). The third kappa shape index (κ3) is 4.66. The highest BCUT2D eigenvalue weighted by Crippen LogP contribution is 2.22. The second-order valence-electron chi connectivity index (χ2n) is 4.55. The van der Waals surface area contributed by atoms with Crippen LogP contribution < -0.4 is 10.1 Å². The van der Waals surface area contributed by atoms with E-state index < -0.39 is 0 Å². The molecule has 0 aliphatic carbocycles. The zero-order valence-corrected chi connectivity index (χ0v) is 13.0. The van der Waals surface area contributed by atoms with Gasteiger partial charge >= 0.3 is 0 Å². The minimum Gasteiger partial charge on any atom is -0.492 e. The average molecular weight is 324 g/mol. The van der Waals surface area contributed by atoms with Gasteiger partial charge in [-0.25, -0.2) is 0 Å². The van der Waals surface area contributed by atoms with Crippen LogP contribution in [-0.2, 0) is 0 Å². The Kier molecular flexibility index (Phi) is 5.48. The lowest BCUT2D eigenvalue weighted by molar-refractivity contribution is 0.0947. The Morgan fingerprint density at radius 3 is 2.67 bits per heavy atom. The van der Waals surface area contributed by atoms with E-state index in [1.807, 2.05) is 31.2 Å². The molecule has 3 nitrogen and oxygen atoms in total. The van der Waals surface area contributed by atoms with Crippen molar-refractivity contribution in [3.8, 4) is 5.75 Å². The van der Waals surface area contributed by atoms with Crippen LogP contribution in [0.1, 0.15) is 15.9 Å². The molecule has 0 fully saturated rings. The van der Waals surface area contributed by atoms with Crippen LogP contribution in [0.25, 0.3) is 0 Å². The maximum absolute atomic E-state index is 11.9. The minimum atomic E-state index is -0.207. The highest BCUT2D eigenvalue weighted by Gasteiger charge is 2.07. The molecular formula is C16H15Cl2NO2. The fourth-order valence-corrected chi connectivity index (χ4v) is 2.08. The maximum atomic E-state index is 11.9. The standard InChI is InChI=1S/C16H15Cl2NO2/c1-11-3-2-4-13(9-11)21-8-7-19-16(20)12-5-6-14(17)15(18)10-12/h2-6,9-10H,7-8H2,1H3,(H,19,20). The Morgan fingerprint density at radius 2 is 1.95 bits per heavy atom. The number of hydrogen-bond acceptors (Lipinski definition) is 2. The lowest BCUT2D eigenvalue weighted by atomic mass is 10.2. The Labute approximate surface area is 133 Å². The Balaban J connectivity index is 1.80. The van der Waals surface area contributed by atoms with Crippen LogP contribution in [0.5, 0.6) is 5.75 Å². The molecule has 1 N–H and O–H groups in total. The summed E-state index contributed by atoms with van der Waals surface area (Å²) in [6, 6.07) is 12.5. The number of rotatable bonds is 5. The zero-order valence-electron chi connectivity index (χ0n) is 11.5. The van der Waals surface area contributed by atoms with Gasteiger partial charge in [0.05, 0.1) is 16.6 Å². The lowest BCUT2D eigenvalue weighted by Crippen LogP contribution is -2.28. The number of carbonyl (C=O) groups excluding carboxylic acids is 1. The van der Waals surface area contributed by atoms with E-state index >= 15 is 0 Å². The third-order valence-corrected chi connectivity index (χ3v) is 3.57. The van der Waals surface area contributed by atoms with Crippen molar-refractivity contribution in [2.24, 2.45) is 0 Å². The molecule has 0 spiro atoms. The SMILES string of the molecule is Cc1cccc(OCCNC(=O)c2ccc(Cl)c(Cl)c2)c1. The Hall–Kier alpha value is -1.71. The van der Waals surface area contributed by atoms with Crippen LogP contribution in [0.4, 0.5) is 0 Å². The second kappa shape index (κ2) is 7.34. The number of hydrogen-bond donors (Lipinski definition) is 1. The lowest BCUT2D eigenvalue weighted by Gasteiger charge is -2.08. The van der Waals surface area contributed by atoms with Gasteiger partial charge < -0.3 is 10.1 Å². The summed E-state index contributed by atoms with van der Waals surface area (Å²) in [4.78, 5) is 11.9. The van der Waals surface area contributed by atoms with Crippen molar-refractivity contribution in [1.29, 1.82) is 0 Å². The van der Waals surface area contributed by atoms with Crippen LogP contribution in [0.2, 0.25) is 10.0 Å². The summed E-state index contributed by atoms with van der Waals surface area (Å²) in [6.07, 6.45) is 0. The van der Waals surface area contributed by atoms with Gasteiger partial charge in [0.15, 0.2) is 0 Å². The molecule has 5 heteroatoms. The molecule has 2 aromatic carbocycles. The summed E-state index contributed by atoms with van der Waals surface area (Å²) in [6.45, 7) is 2.81. The molecular weight excluding hydrogens is 309 g/mol. The van der Waals surface area contributed by atoms with E-state index in [0.717, 1.165) is 11.3 Å². The summed E-state index contributed by atoms with van der Waals surface area (Å²) < 4.78 is 5.55. The van der Waals surface area contributed by atoms with Gasteiger partial charge in [-0.05, 0) is 42.8 Å². The molecule has 0 radical (unpaired) electrons. The number of aryl methyl sites for hydroxylation is 1. The number of ether oxygens (including phenoxy) is 1. The first kappa shape index (κ1) is 15.7. The van der Waals surface area contributed by atoms with Gasteiger partial charge in [-0.15, -0.1) is 0 Å². The molecule has 0 heterocycles. The van der Waals surface area contributed by atoms with Gasteiger partial charge in [0.1, 0.15) is 12.4 Å². The van der Waals surface area contributed by atoms with Crippen LogP contribution in [0, 0.1) is 6.92 Å². The number of carbonyl (C=O) groups is 1. The predicted octanol–water partition coefficient (Wildman–Crippen LogP) is 4.11. The summed E-state index contributed by atoms with van der Waals surface area (Å²) >= 11 is 11.7. The van der Waals surface area contributed by atoms with E-state index in [0.29, 0.717) is 28.8 Å². The average Bonchev–Trinajstić information content (AvgIpc) is 2.46. The van der Waals surface area contributed by atoms with Crippen molar-refractivity contribution in [3.05, 3.63) is 63.6 Å². The van der Waals surface area contributed by atoms with Crippen molar-refractivity contribution in [3.63, 3.8) is 0 Å². The topological polar surface area (TPSA) is 38.3 Å². The molecule has 0 saturated heterocycles. The van der Waals surface area contributed by atoms with Crippen molar-refractivity contribution < 1.29 is 9.53 Å². The molecule has 0 aromatic heterocycles. The van der Waals surface area contributed by atoms with E-state index in [4.69, 9.17) is 27.9 Å². The predicted molar refractivity (Wildman–Crippen MR) is 85.5 cm³/mol. The molecule has 0 bridgehead atoms. The molecule has 2 aromatic rings. The third-order valence-electron chi connectivity index (χ3n) is 2.83. The number of benzene rings is 2. The number of amides is 1. The van der Waals surface area contributed by atoms with E-state index in [1.54, 1.807) is 18.2 Å². The molecule has 0 unspecified atom stereocenters. The zero-order chi connectivity index (χ0) is 15.2. The van der Waals surface area contributed by atoms with Gasteiger partial charge in [0, 0.05) is 5.56 Å². The summed E-state index contributed by atoms with van der Waals surface area (Å²) in [5.74, 6) is 0.584. The first-order valence-corrected chi connectivity index (χ1v) is 7.24. The van der Waals surface area contributed by atoms with E-state index in [1.165, 1.54) is 0 Å². The number of nitrogens with one attached hydrogen (secondary N) is 1. The van der Waals surface area contributed by atoms with Crippen LogP contribution in [0.15, 0.2) is 42.5 Å². The molecule has 1 amide bonds. The van der Waals surface area contributed by atoms with Gasteiger partial charge in [0.25, 0.3) is 5.91 Å². The summed E-state index contributed by atoms with van der Waals surface area (Å²) in [5.41, 5.74) is 1.60. The fraction of sp³-hybridized carbons (Fsp3) is 0.188. The maximum Gasteiger partial charge on any atom is 0.251 e. The normalized spacial score (nSPS) is 10.2. The molecule has 0 aliphatic heterocycles. The fourth-order valence-electron chi connectivity index (χ4n) is 1.78. The second-order valence-corrected chi connectivity index (χ2v) is 5.36. The Morgan fingerprint density at radius 1 is 1.14 bits per heavy atom. The van der Waals surface area contributed by atoms with E-state index in [9.17, 15) is 4.79 Å². The monoisotopic (exact) mass is 323 g/mol. The Bertz CT molecular complexity index is 644. The van der Waals surface area contributed by atoms with Crippen LogP contribution in [-0.4, -0.2) is 19.1 Å². The van der Waals surface area contributed by atoms with E-state index in [-0.39, 0.29) is 5.91 Å². The molecule has 0 aliphatic rings. The van der Waals surface area contributed by atoms with Crippen molar-refractivity contribution in [2.45, 2.75) is 6.92 Å². The van der Waals surface area contributed by atoms with Crippen LogP contribution in [0.3, 0.4) is 0 Å². The van der Waals surface area contributed by atoms with Gasteiger partial charge in [-0.2, -0.15) is 0 Å². The van der Waals surface area contributed by atoms with Crippen molar-refractivity contribution in [2.75, 3.05) is 13.2 Å². The van der Waals surface area contributed by atoms with E-state index in [2.05, 4.69) is 5.32 Å².